The molecule has 1 aromatic heterocycles. The molecule has 0 saturated heterocycles. The molecule has 0 aliphatic heterocycles. The van der Waals surface area contributed by atoms with Crippen LogP contribution in [0.15, 0.2) is 6.33 Å². The molecule has 4 nitrogen and oxygen atoms in total. The Labute approximate surface area is 81.5 Å². The maximum atomic E-state index is 5.37. The Morgan fingerprint density at radius 2 is 2.54 bits per heavy atom. The zero-order valence-electron chi connectivity index (χ0n) is 7.56. The third-order valence-electron chi connectivity index (χ3n) is 2.43. The summed E-state index contributed by atoms with van der Waals surface area (Å²) in [5.74, 6) is 0. The van der Waals surface area contributed by atoms with E-state index in [0.717, 1.165) is 18.0 Å². The SMILES string of the molecule is COC1CCCC1Nc1ncns1. The van der Waals surface area contributed by atoms with Crippen LogP contribution < -0.4 is 5.32 Å². The number of rotatable bonds is 3. The van der Waals surface area contributed by atoms with E-state index in [-0.39, 0.29) is 0 Å². The molecule has 13 heavy (non-hydrogen) atoms. The van der Waals surface area contributed by atoms with E-state index in [0.29, 0.717) is 12.1 Å². The zero-order chi connectivity index (χ0) is 9.10. The molecule has 1 heterocycles. The Balaban J connectivity index is 1.94. The van der Waals surface area contributed by atoms with Gasteiger partial charge in [0.1, 0.15) is 6.33 Å². The van der Waals surface area contributed by atoms with Gasteiger partial charge in [-0.15, -0.1) is 0 Å². The van der Waals surface area contributed by atoms with Gasteiger partial charge >= 0.3 is 0 Å². The highest BCUT2D eigenvalue weighted by atomic mass is 32.1. The molecule has 5 heteroatoms. The maximum Gasteiger partial charge on any atom is 0.202 e. The molecule has 0 aromatic carbocycles. The van der Waals surface area contributed by atoms with Crippen LogP contribution in [0.3, 0.4) is 0 Å². The summed E-state index contributed by atoms with van der Waals surface area (Å²) in [6, 6.07) is 0.415. The Hall–Kier alpha value is -0.680. The third-order valence-corrected chi connectivity index (χ3v) is 3.02. The summed E-state index contributed by atoms with van der Waals surface area (Å²) in [7, 11) is 1.77. The Morgan fingerprint density at radius 1 is 1.62 bits per heavy atom. The van der Waals surface area contributed by atoms with E-state index in [1.54, 1.807) is 13.4 Å². The second-order valence-electron chi connectivity index (χ2n) is 3.20. The molecule has 1 aliphatic carbocycles. The average molecular weight is 199 g/mol. The van der Waals surface area contributed by atoms with E-state index in [1.165, 1.54) is 18.0 Å². The van der Waals surface area contributed by atoms with Crippen LogP contribution in [-0.2, 0) is 4.74 Å². The van der Waals surface area contributed by atoms with Crippen molar-refractivity contribution in [3.8, 4) is 0 Å². The predicted octanol–water partition coefficient (Wildman–Crippen LogP) is 1.52. The topological polar surface area (TPSA) is 47.0 Å². The lowest BCUT2D eigenvalue weighted by molar-refractivity contribution is 0.101. The first-order chi connectivity index (χ1) is 6.40. The summed E-state index contributed by atoms with van der Waals surface area (Å²) < 4.78 is 9.31. The van der Waals surface area contributed by atoms with Crippen LogP contribution in [0.1, 0.15) is 19.3 Å². The lowest BCUT2D eigenvalue weighted by atomic mass is 10.2. The van der Waals surface area contributed by atoms with Crippen LogP contribution in [0.4, 0.5) is 5.13 Å². The minimum Gasteiger partial charge on any atom is -0.379 e. The maximum absolute atomic E-state index is 5.37. The number of ether oxygens (including phenoxy) is 1. The summed E-state index contributed by atoms with van der Waals surface area (Å²) in [5.41, 5.74) is 0. The average Bonchev–Trinajstić information content (AvgIpc) is 2.76. The summed E-state index contributed by atoms with van der Waals surface area (Å²) in [6.07, 6.45) is 5.45. The molecular weight excluding hydrogens is 186 g/mol. The van der Waals surface area contributed by atoms with Crippen LogP contribution >= 0.6 is 11.5 Å². The van der Waals surface area contributed by atoms with E-state index in [9.17, 15) is 0 Å². The lowest BCUT2D eigenvalue weighted by Crippen LogP contribution is -2.29. The normalized spacial score (nSPS) is 27.8. The standard InChI is InChI=1S/C8H13N3OS/c1-12-7-4-2-3-6(7)11-8-9-5-10-13-8/h5-7H,2-4H2,1H3,(H,9,10,11). The van der Waals surface area contributed by atoms with Crippen LogP contribution in [0, 0.1) is 0 Å². The van der Waals surface area contributed by atoms with Gasteiger partial charge in [0.05, 0.1) is 12.1 Å². The summed E-state index contributed by atoms with van der Waals surface area (Å²) >= 11 is 1.39. The third kappa shape index (κ3) is 1.97. The quantitative estimate of drug-likeness (QED) is 0.801. The van der Waals surface area contributed by atoms with Crippen molar-refractivity contribution in [3.63, 3.8) is 0 Å². The van der Waals surface area contributed by atoms with Crippen molar-refractivity contribution in [2.75, 3.05) is 12.4 Å². The van der Waals surface area contributed by atoms with Gasteiger partial charge in [-0.25, -0.2) is 4.98 Å². The van der Waals surface area contributed by atoms with Crippen LogP contribution in [0.25, 0.3) is 0 Å². The highest BCUT2D eigenvalue weighted by Gasteiger charge is 2.27. The van der Waals surface area contributed by atoms with Crippen molar-refractivity contribution >= 4 is 16.7 Å². The summed E-state index contributed by atoms with van der Waals surface area (Å²) in [5, 5.41) is 4.24. The zero-order valence-corrected chi connectivity index (χ0v) is 8.38. The van der Waals surface area contributed by atoms with Gasteiger partial charge in [-0.2, -0.15) is 4.37 Å². The van der Waals surface area contributed by atoms with Crippen molar-refractivity contribution in [1.29, 1.82) is 0 Å². The fraction of sp³-hybridized carbons (Fsp3) is 0.750. The second-order valence-corrected chi connectivity index (χ2v) is 3.98. The van der Waals surface area contributed by atoms with Gasteiger partial charge in [0.15, 0.2) is 0 Å². The number of hydrogen-bond donors (Lipinski definition) is 1. The van der Waals surface area contributed by atoms with E-state index >= 15 is 0 Å². The minimum atomic E-state index is 0.337. The smallest absolute Gasteiger partial charge is 0.202 e. The number of anilines is 1. The van der Waals surface area contributed by atoms with E-state index < -0.39 is 0 Å². The minimum absolute atomic E-state index is 0.337. The molecule has 1 N–H and O–H groups in total. The molecule has 0 bridgehead atoms. The first-order valence-corrected chi connectivity index (χ1v) is 5.23. The predicted molar refractivity (Wildman–Crippen MR) is 52.0 cm³/mol. The molecule has 1 aliphatic rings. The second kappa shape index (κ2) is 4.02. The number of nitrogens with one attached hydrogen (secondary N) is 1. The van der Waals surface area contributed by atoms with Gasteiger partial charge in [-0.05, 0) is 19.3 Å². The van der Waals surface area contributed by atoms with Crippen molar-refractivity contribution in [2.24, 2.45) is 0 Å². The number of nitrogens with zero attached hydrogens (tertiary/aromatic N) is 2. The molecule has 0 spiro atoms. The van der Waals surface area contributed by atoms with Crippen molar-refractivity contribution in [2.45, 2.75) is 31.4 Å². The lowest BCUT2D eigenvalue weighted by Gasteiger charge is -2.18. The summed E-state index contributed by atoms with van der Waals surface area (Å²) in [6.45, 7) is 0. The largest absolute Gasteiger partial charge is 0.379 e. The van der Waals surface area contributed by atoms with Crippen molar-refractivity contribution in [1.82, 2.24) is 9.36 Å². The molecular formula is C8H13N3OS. The monoisotopic (exact) mass is 199 g/mol. The molecule has 1 saturated carbocycles. The first-order valence-electron chi connectivity index (χ1n) is 4.46. The first kappa shape index (κ1) is 8.90. The van der Waals surface area contributed by atoms with E-state index in [4.69, 9.17) is 4.74 Å². The Bertz CT molecular complexity index is 252. The number of methoxy groups -OCH3 is 1. The molecule has 2 atom stereocenters. The number of hydrogen-bond acceptors (Lipinski definition) is 5. The van der Waals surface area contributed by atoms with Crippen LogP contribution in [0.2, 0.25) is 0 Å². The van der Waals surface area contributed by atoms with E-state index in [2.05, 4.69) is 14.7 Å². The van der Waals surface area contributed by atoms with Gasteiger partial charge in [0.25, 0.3) is 0 Å². The van der Waals surface area contributed by atoms with Gasteiger partial charge in [0, 0.05) is 18.6 Å². The Morgan fingerprint density at radius 3 is 3.23 bits per heavy atom. The summed E-state index contributed by atoms with van der Waals surface area (Å²) in [4.78, 5) is 4.09. The Kier molecular flexibility index (Phi) is 2.75. The molecule has 0 radical (unpaired) electrons. The number of aromatic nitrogens is 2. The highest BCUT2D eigenvalue weighted by Crippen LogP contribution is 2.25. The van der Waals surface area contributed by atoms with Crippen LogP contribution in [0.5, 0.6) is 0 Å². The molecule has 2 rings (SSSR count). The van der Waals surface area contributed by atoms with Gasteiger partial charge in [-0.3, -0.25) is 0 Å². The van der Waals surface area contributed by atoms with Crippen LogP contribution in [-0.4, -0.2) is 28.6 Å². The molecule has 1 fully saturated rings. The molecule has 2 unspecified atom stereocenters. The molecule has 72 valence electrons. The van der Waals surface area contributed by atoms with Gasteiger partial charge in [-0.1, -0.05) is 0 Å². The van der Waals surface area contributed by atoms with Crippen molar-refractivity contribution < 1.29 is 4.74 Å². The fourth-order valence-corrected chi connectivity index (χ4v) is 2.26. The molecule has 0 amide bonds. The van der Waals surface area contributed by atoms with E-state index in [1.807, 2.05) is 0 Å². The highest BCUT2D eigenvalue weighted by molar-refractivity contribution is 7.09. The van der Waals surface area contributed by atoms with Gasteiger partial charge in [0.2, 0.25) is 5.13 Å². The fourth-order valence-electron chi connectivity index (χ4n) is 1.77. The van der Waals surface area contributed by atoms with Gasteiger partial charge < -0.3 is 10.1 Å². The molecule has 1 aromatic rings. The van der Waals surface area contributed by atoms with Crippen molar-refractivity contribution in [3.05, 3.63) is 6.33 Å².